The van der Waals surface area contributed by atoms with Crippen molar-refractivity contribution in [3.63, 3.8) is 0 Å². The zero-order valence-corrected chi connectivity index (χ0v) is 19.9. The molecule has 6 rings (SSSR count). The summed E-state index contributed by atoms with van der Waals surface area (Å²) < 4.78 is 39.3. The van der Waals surface area contributed by atoms with Gasteiger partial charge >= 0.3 is 6.61 Å². The number of hydrogen-bond donors (Lipinski definition) is 1. The molecule has 0 radical (unpaired) electrons. The highest BCUT2D eigenvalue weighted by Gasteiger charge is 2.25. The first kappa shape index (κ1) is 23.6. The van der Waals surface area contributed by atoms with Gasteiger partial charge in [0.15, 0.2) is 11.5 Å². The first-order chi connectivity index (χ1) is 18.4. The van der Waals surface area contributed by atoms with Gasteiger partial charge in [-0.3, -0.25) is 9.48 Å². The molecule has 0 saturated carbocycles. The molecule has 1 N–H and O–H groups in total. The van der Waals surface area contributed by atoms with Crippen LogP contribution in [0.3, 0.4) is 0 Å². The molecular formula is C23H20F2N10O3. The Hall–Kier alpha value is -4.79. The predicted octanol–water partition coefficient (Wildman–Crippen LogP) is 2.36. The lowest BCUT2D eigenvalue weighted by molar-refractivity contribution is -0.0494. The fourth-order valence-electron chi connectivity index (χ4n) is 3.97. The number of halogens is 2. The van der Waals surface area contributed by atoms with Crippen LogP contribution >= 0.6 is 0 Å². The number of alkyl halides is 2. The lowest BCUT2D eigenvalue weighted by Crippen LogP contribution is -2.32. The van der Waals surface area contributed by atoms with Gasteiger partial charge in [0.05, 0.1) is 25.1 Å². The maximum atomic E-state index is 13.2. The standard InChI is InChI=1S/C23H20F2N10O3/c1-13-3-4-18(38-23(24)25)15(7-13)20-17(28-22(36)16-8-27-34-6-2-5-26-21(16)34)9-33(31-20)10-19-29-32-35(30-19)14-11-37-12-14/h2-9,14,23H,10-12H2,1H3,(H,28,36). The van der Waals surface area contributed by atoms with Crippen LogP contribution in [0.5, 0.6) is 5.75 Å². The van der Waals surface area contributed by atoms with E-state index in [1.54, 1.807) is 36.8 Å². The molecule has 1 aliphatic rings. The van der Waals surface area contributed by atoms with Gasteiger partial charge in [0.2, 0.25) is 0 Å². The van der Waals surface area contributed by atoms with E-state index in [4.69, 9.17) is 9.47 Å². The van der Waals surface area contributed by atoms with E-state index in [0.717, 1.165) is 5.56 Å². The number of aromatic nitrogens is 9. The Balaban J connectivity index is 1.37. The molecule has 5 aromatic rings. The van der Waals surface area contributed by atoms with E-state index in [1.165, 1.54) is 26.3 Å². The first-order valence-electron chi connectivity index (χ1n) is 11.5. The number of aryl methyl sites for hydroxylation is 1. The van der Waals surface area contributed by atoms with Crippen molar-refractivity contribution in [1.29, 1.82) is 0 Å². The van der Waals surface area contributed by atoms with Gasteiger partial charge < -0.3 is 14.8 Å². The predicted molar refractivity (Wildman–Crippen MR) is 127 cm³/mol. The quantitative estimate of drug-likeness (QED) is 0.325. The number of amides is 1. The van der Waals surface area contributed by atoms with Crippen LogP contribution in [-0.2, 0) is 11.3 Å². The van der Waals surface area contributed by atoms with E-state index in [9.17, 15) is 13.6 Å². The van der Waals surface area contributed by atoms with Crippen molar-refractivity contribution in [3.8, 4) is 17.0 Å². The third-order valence-electron chi connectivity index (χ3n) is 5.86. The van der Waals surface area contributed by atoms with Crippen LogP contribution in [0.2, 0.25) is 0 Å². The normalized spacial score (nSPS) is 13.7. The molecule has 1 aliphatic heterocycles. The van der Waals surface area contributed by atoms with E-state index >= 15 is 0 Å². The van der Waals surface area contributed by atoms with Crippen LogP contribution in [-0.4, -0.2) is 70.3 Å². The number of nitrogens with one attached hydrogen (secondary N) is 1. The van der Waals surface area contributed by atoms with Gasteiger partial charge in [-0.05, 0) is 30.3 Å². The fraction of sp³-hybridized carbons (Fsp3) is 0.261. The molecule has 15 heteroatoms. The van der Waals surface area contributed by atoms with Crippen molar-refractivity contribution < 1.29 is 23.0 Å². The van der Waals surface area contributed by atoms with Crippen molar-refractivity contribution >= 4 is 17.2 Å². The summed E-state index contributed by atoms with van der Waals surface area (Å²) >= 11 is 0. The molecular weight excluding hydrogens is 502 g/mol. The summed E-state index contributed by atoms with van der Waals surface area (Å²) in [6, 6.07) is 6.45. The van der Waals surface area contributed by atoms with E-state index in [0.29, 0.717) is 24.7 Å². The molecule has 4 aromatic heterocycles. The number of tetrazole rings is 1. The molecule has 0 atom stereocenters. The van der Waals surface area contributed by atoms with Gasteiger partial charge in [0.25, 0.3) is 5.91 Å². The van der Waals surface area contributed by atoms with E-state index < -0.39 is 12.5 Å². The Labute approximate surface area is 213 Å². The lowest BCUT2D eigenvalue weighted by atomic mass is 10.1. The number of carbonyl (C=O) groups is 1. The molecule has 0 unspecified atom stereocenters. The molecule has 194 valence electrons. The highest BCUT2D eigenvalue weighted by Crippen LogP contribution is 2.36. The smallest absolute Gasteiger partial charge is 0.387 e. The number of hydrogen-bond acceptors (Lipinski definition) is 9. The van der Waals surface area contributed by atoms with Crippen molar-refractivity contribution in [2.75, 3.05) is 18.5 Å². The van der Waals surface area contributed by atoms with E-state index in [1.807, 2.05) is 6.92 Å². The second kappa shape index (κ2) is 9.59. The highest BCUT2D eigenvalue weighted by atomic mass is 19.3. The molecule has 38 heavy (non-hydrogen) atoms. The minimum Gasteiger partial charge on any atom is -0.434 e. The highest BCUT2D eigenvalue weighted by molar-refractivity contribution is 6.09. The van der Waals surface area contributed by atoms with Gasteiger partial charge in [-0.25, -0.2) is 9.50 Å². The van der Waals surface area contributed by atoms with Crippen molar-refractivity contribution in [2.45, 2.75) is 26.1 Å². The van der Waals surface area contributed by atoms with Crippen LogP contribution in [0.15, 0.2) is 49.1 Å². The average molecular weight is 522 g/mol. The second-order valence-corrected chi connectivity index (χ2v) is 8.58. The summed E-state index contributed by atoms with van der Waals surface area (Å²) in [5.74, 6) is -0.209. The van der Waals surface area contributed by atoms with Crippen LogP contribution in [0.25, 0.3) is 16.9 Å². The number of benzene rings is 1. The van der Waals surface area contributed by atoms with E-state index in [2.05, 4.69) is 35.9 Å². The van der Waals surface area contributed by atoms with E-state index in [-0.39, 0.29) is 40.8 Å². The molecule has 1 fully saturated rings. The topological polar surface area (TPSA) is 139 Å². The van der Waals surface area contributed by atoms with Gasteiger partial charge in [-0.15, -0.1) is 10.2 Å². The van der Waals surface area contributed by atoms with Crippen LogP contribution < -0.4 is 10.1 Å². The van der Waals surface area contributed by atoms with Crippen molar-refractivity contribution in [2.24, 2.45) is 0 Å². The fourth-order valence-corrected chi connectivity index (χ4v) is 3.97. The summed E-state index contributed by atoms with van der Waals surface area (Å²) in [6.07, 6.45) is 6.17. The maximum absolute atomic E-state index is 13.2. The third-order valence-corrected chi connectivity index (χ3v) is 5.86. The van der Waals surface area contributed by atoms with Crippen LogP contribution in [0.4, 0.5) is 14.5 Å². The summed E-state index contributed by atoms with van der Waals surface area (Å²) in [5.41, 5.74) is 2.13. The summed E-state index contributed by atoms with van der Waals surface area (Å²) in [7, 11) is 0. The lowest BCUT2D eigenvalue weighted by Gasteiger charge is -2.23. The zero-order valence-electron chi connectivity index (χ0n) is 19.9. The Morgan fingerprint density at radius 2 is 2.16 bits per heavy atom. The SMILES string of the molecule is Cc1ccc(OC(F)F)c(-c2nn(Cc3nnn(C4COC4)n3)cc2NC(=O)c2cnn3cccnc23)c1. The largest absolute Gasteiger partial charge is 0.434 e. The molecule has 0 bridgehead atoms. The van der Waals surface area contributed by atoms with Crippen molar-refractivity contribution in [1.82, 2.24) is 44.6 Å². The number of carbonyl (C=O) groups excluding carboxylic acids is 1. The van der Waals surface area contributed by atoms with Crippen molar-refractivity contribution in [3.05, 3.63) is 66.0 Å². The summed E-state index contributed by atoms with van der Waals surface area (Å²) in [6.45, 7) is -0.100. The molecule has 13 nitrogen and oxygen atoms in total. The number of rotatable bonds is 8. The molecule has 0 aliphatic carbocycles. The van der Waals surface area contributed by atoms with Crippen LogP contribution in [0.1, 0.15) is 27.8 Å². The van der Waals surface area contributed by atoms with Crippen LogP contribution in [0, 0.1) is 6.92 Å². The minimum absolute atomic E-state index is 0.0279. The minimum atomic E-state index is -3.05. The Morgan fingerprint density at radius 1 is 1.29 bits per heavy atom. The molecule has 0 spiro atoms. The summed E-state index contributed by atoms with van der Waals surface area (Å²) in [4.78, 5) is 18.9. The van der Waals surface area contributed by atoms with Gasteiger partial charge in [0, 0.05) is 24.2 Å². The zero-order chi connectivity index (χ0) is 26.2. The number of anilines is 1. The monoisotopic (exact) mass is 522 g/mol. The Kier molecular flexibility index (Phi) is 5.95. The number of fused-ring (bicyclic) bond motifs is 1. The molecule has 1 aromatic carbocycles. The summed E-state index contributed by atoms with van der Waals surface area (Å²) in [5, 5.41) is 24.0. The molecule has 1 saturated heterocycles. The maximum Gasteiger partial charge on any atom is 0.387 e. The molecule has 1 amide bonds. The Morgan fingerprint density at radius 3 is 2.95 bits per heavy atom. The second-order valence-electron chi connectivity index (χ2n) is 8.58. The Bertz CT molecular complexity index is 1620. The van der Waals surface area contributed by atoms with Gasteiger partial charge in [0.1, 0.15) is 29.6 Å². The van der Waals surface area contributed by atoms with Gasteiger partial charge in [-0.1, -0.05) is 11.6 Å². The average Bonchev–Trinajstić information content (AvgIpc) is 3.58. The molecule has 5 heterocycles. The van der Waals surface area contributed by atoms with Gasteiger partial charge in [-0.2, -0.15) is 23.8 Å². The first-order valence-corrected chi connectivity index (χ1v) is 11.5. The third kappa shape index (κ3) is 4.54. The number of nitrogens with zero attached hydrogens (tertiary/aromatic N) is 9. The number of ether oxygens (including phenoxy) is 2.